The third-order valence-corrected chi connectivity index (χ3v) is 13.8. The maximum absolute atomic E-state index is 12.7. The average molecular weight is 1090 g/mol. The minimum Gasteiger partial charge on any atom is -0.744 e. The number of nitrogens with two attached hydrogens (primary N) is 2. The summed E-state index contributed by atoms with van der Waals surface area (Å²) in [6.07, 6.45) is 0. The molecular formula is C32H26N8Na4O18S6. The topological polar surface area (TPSA) is 410 Å². The molecule has 5 rings (SSSR count). The summed E-state index contributed by atoms with van der Waals surface area (Å²) in [6.45, 7) is -1.28. The van der Waals surface area contributed by atoms with E-state index < -0.39 is 68.9 Å². The Morgan fingerprint density at radius 2 is 1.06 bits per heavy atom. The Hall–Kier alpha value is -1.14. The van der Waals surface area contributed by atoms with Crippen molar-refractivity contribution in [2.45, 2.75) is 19.6 Å². The van der Waals surface area contributed by atoms with Crippen LogP contribution in [0.3, 0.4) is 0 Å². The van der Waals surface area contributed by atoms with Gasteiger partial charge in [0.15, 0.2) is 32.0 Å². The van der Waals surface area contributed by atoms with Crippen LogP contribution < -0.4 is 140 Å². The Morgan fingerprint density at radius 3 is 1.57 bits per heavy atom. The van der Waals surface area contributed by atoms with Crippen LogP contribution in [-0.2, 0) is 67.3 Å². The van der Waals surface area contributed by atoms with Crippen LogP contribution in [0, 0.1) is 0 Å². The number of nitrogens with zero attached hydrogens (tertiary/aromatic N) is 6. The SMILES string of the molecule is Nc1c(N=Nc2ccc(S(=O)(=O)CCOSOO[O-])cc2)cc(N=Nc2ccc3c(SOO[O-])cccc3c2S(=O)(=O)[O-])c(N)c1N=Nc1ccc(S(=O)(=O)CCOS(=O)(=O)[O-])cc1.[Na+].[Na+].[Na+].[Na+]. The Balaban J connectivity index is 0.00000578. The van der Waals surface area contributed by atoms with Crippen molar-refractivity contribution in [2.75, 3.05) is 36.2 Å². The summed E-state index contributed by atoms with van der Waals surface area (Å²) in [5.41, 5.74) is 11.1. The van der Waals surface area contributed by atoms with Gasteiger partial charge < -0.3 is 31.1 Å². The van der Waals surface area contributed by atoms with E-state index >= 15 is 0 Å². The quantitative estimate of drug-likeness (QED) is 0.00748. The number of rotatable bonds is 22. The van der Waals surface area contributed by atoms with Crippen LogP contribution in [-0.4, -0.2) is 67.5 Å². The molecule has 0 fully saturated rings. The Morgan fingerprint density at radius 1 is 0.559 bits per heavy atom. The number of hydrogen-bond donors (Lipinski definition) is 2. The van der Waals surface area contributed by atoms with E-state index in [0.29, 0.717) is 12.0 Å². The van der Waals surface area contributed by atoms with Crippen molar-refractivity contribution >= 4 is 121 Å². The van der Waals surface area contributed by atoms with Crippen LogP contribution in [0.15, 0.2) is 135 Å². The molecule has 0 radical (unpaired) electrons. The fourth-order valence-electron chi connectivity index (χ4n) is 5.16. The molecule has 342 valence electrons. The zero-order chi connectivity index (χ0) is 46.7. The molecule has 0 aliphatic heterocycles. The summed E-state index contributed by atoms with van der Waals surface area (Å²) in [4.78, 5) is -1.01. The monoisotopic (exact) mass is 1090 g/mol. The summed E-state index contributed by atoms with van der Waals surface area (Å²) in [7, 11) is -18.4. The predicted molar refractivity (Wildman–Crippen MR) is 216 cm³/mol. The molecule has 0 amide bonds. The van der Waals surface area contributed by atoms with Crippen molar-refractivity contribution in [3.63, 3.8) is 0 Å². The van der Waals surface area contributed by atoms with Gasteiger partial charge in [-0.1, -0.05) is 18.2 Å². The summed E-state index contributed by atoms with van der Waals surface area (Å²) < 4.78 is 137. The predicted octanol–water partition coefficient (Wildman–Crippen LogP) is -7.77. The fraction of sp³-hybridized carbons (Fsp3) is 0.125. The fourth-order valence-corrected chi connectivity index (χ4v) is 9.36. The number of benzene rings is 5. The van der Waals surface area contributed by atoms with Gasteiger partial charge in [0.1, 0.15) is 32.9 Å². The van der Waals surface area contributed by atoms with Crippen molar-refractivity contribution in [3.05, 3.63) is 84.9 Å². The van der Waals surface area contributed by atoms with Gasteiger partial charge in [0, 0.05) is 10.3 Å². The average Bonchev–Trinajstić information content (AvgIpc) is 3.24. The van der Waals surface area contributed by atoms with Crippen LogP contribution >= 0.6 is 24.4 Å². The molecule has 0 aliphatic carbocycles. The zero-order valence-corrected chi connectivity index (χ0v) is 48.4. The largest absolute Gasteiger partial charge is 1.00 e. The molecule has 0 atom stereocenters. The summed E-state index contributed by atoms with van der Waals surface area (Å²) in [5, 5.41) is 51.1. The number of azo groups is 3. The summed E-state index contributed by atoms with van der Waals surface area (Å²) >= 11 is 0.594. The van der Waals surface area contributed by atoms with E-state index in [4.69, 9.17) is 15.7 Å². The van der Waals surface area contributed by atoms with Gasteiger partial charge in [0.25, 0.3) is 0 Å². The third-order valence-electron chi connectivity index (χ3n) is 8.00. The first kappa shape index (κ1) is 64.9. The molecule has 4 N–H and O–H groups in total. The minimum atomic E-state index is -5.27. The molecule has 0 aliphatic rings. The number of anilines is 2. The molecule has 0 unspecified atom stereocenters. The second kappa shape index (κ2) is 29.5. The maximum atomic E-state index is 12.7. The van der Waals surface area contributed by atoms with E-state index in [1.165, 1.54) is 60.7 Å². The smallest absolute Gasteiger partial charge is 0.744 e. The number of nitrogen functional groups attached to an aromatic ring is 2. The maximum Gasteiger partial charge on any atom is 1.00 e. The Labute approximate surface area is 484 Å². The first-order valence-corrected chi connectivity index (χ1v) is 24.3. The number of fused-ring (bicyclic) bond motifs is 1. The van der Waals surface area contributed by atoms with E-state index in [1.807, 2.05) is 0 Å². The van der Waals surface area contributed by atoms with Crippen molar-refractivity contribution in [1.29, 1.82) is 0 Å². The first-order valence-electron chi connectivity index (χ1n) is 16.9. The van der Waals surface area contributed by atoms with Crippen LogP contribution in [0.1, 0.15) is 0 Å². The molecule has 5 aromatic rings. The molecule has 0 spiro atoms. The van der Waals surface area contributed by atoms with Crippen LogP contribution in [0.5, 0.6) is 0 Å². The van der Waals surface area contributed by atoms with Crippen molar-refractivity contribution in [2.24, 2.45) is 30.7 Å². The molecule has 36 heteroatoms. The Kier molecular flexibility index (Phi) is 28.2. The minimum absolute atomic E-state index is 0. The normalized spacial score (nSPS) is 12.2. The van der Waals surface area contributed by atoms with E-state index in [0.717, 1.165) is 24.3 Å². The van der Waals surface area contributed by atoms with Gasteiger partial charge in [0.2, 0.25) is 10.4 Å². The second-order valence-electron chi connectivity index (χ2n) is 12.0. The molecule has 0 saturated heterocycles. The van der Waals surface area contributed by atoms with E-state index in [9.17, 15) is 53.3 Å². The van der Waals surface area contributed by atoms with Crippen LogP contribution in [0.4, 0.5) is 45.5 Å². The van der Waals surface area contributed by atoms with Gasteiger partial charge in [0.05, 0.1) is 74.2 Å². The van der Waals surface area contributed by atoms with Crippen LogP contribution in [0.25, 0.3) is 10.8 Å². The molecule has 0 heterocycles. The van der Waals surface area contributed by atoms with Crippen molar-refractivity contribution < 1.29 is 199 Å². The van der Waals surface area contributed by atoms with Gasteiger partial charge in [-0.2, -0.15) is 14.6 Å². The molecule has 68 heavy (non-hydrogen) atoms. The second-order valence-corrected chi connectivity index (χ2v) is 19.8. The van der Waals surface area contributed by atoms with Crippen molar-refractivity contribution in [3.8, 4) is 0 Å². The standard InChI is InChI=1S/C32H30N8O18S6.4Na/c33-29-26(38-35-19-4-8-21(9-5-19)61(43,44)16-14-53-60-58-56-42)18-27(39-37-25-13-12-23-24(32(25)63(47,48)49)2-1-3-28(23)59-57-55-41)30(34)31(29)40-36-20-6-10-22(11-7-20)62(45,46)17-15-54-64(50,51)52;;;;/h1-13,18,41-42H,14-17,33-34H2,(H,47,48,49)(H,50,51,52);;;;/q;4*+1/p-4. The zero-order valence-electron chi connectivity index (χ0n) is 35.5. The summed E-state index contributed by atoms with van der Waals surface area (Å²) in [5.74, 6) is -1.34. The molecule has 0 aromatic heterocycles. The molecule has 26 nitrogen and oxygen atoms in total. The molecular weight excluding hydrogens is 1070 g/mol. The van der Waals surface area contributed by atoms with E-state index in [-0.39, 0.29) is 202 Å². The van der Waals surface area contributed by atoms with E-state index in [1.54, 1.807) is 0 Å². The Bertz CT molecular complexity index is 3060. The van der Waals surface area contributed by atoms with Gasteiger partial charge in [-0.25, -0.2) is 33.7 Å². The molecule has 5 aromatic carbocycles. The van der Waals surface area contributed by atoms with Gasteiger partial charge >= 0.3 is 118 Å². The van der Waals surface area contributed by atoms with Gasteiger partial charge in [-0.3, -0.25) is 18.4 Å². The molecule has 0 bridgehead atoms. The van der Waals surface area contributed by atoms with E-state index in [2.05, 4.69) is 53.6 Å². The van der Waals surface area contributed by atoms with Crippen LogP contribution in [0.2, 0.25) is 0 Å². The number of sulfone groups is 2. The first-order chi connectivity index (χ1) is 30.2. The third kappa shape index (κ3) is 18.7. The van der Waals surface area contributed by atoms with Gasteiger partial charge in [-0.05, 0) is 72.1 Å². The number of hydrogen-bond acceptors (Lipinski definition) is 28. The summed E-state index contributed by atoms with van der Waals surface area (Å²) in [6, 6.07) is 17.5. The molecule has 0 saturated carbocycles. The van der Waals surface area contributed by atoms with Crippen molar-refractivity contribution in [1.82, 2.24) is 0 Å². The van der Waals surface area contributed by atoms with Gasteiger partial charge in [-0.15, -0.1) is 24.8 Å².